The average molecular weight is 280 g/mol. The van der Waals surface area contributed by atoms with Crippen LogP contribution in [0.25, 0.3) is 10.2 Å². The second-order valence-corrected chi connectivity index (χ2v) is 5.44. The van der Waals surface area contributed by atoms with E-state index in [9.17, 15) is 0 Å². The number of nitrogens with zero attached hydrogens (tertiary/aromatic N) is 2. The molecule has 0 aliphatic heterocycles. The van der Waals surface area contributed by atoms with Crippen molar-refractivity contribution in [1.82, 2.24) is 9.97 Å². The molecule has 18 heavy (non-hydrogen) atoms. The minimum absolute atomic E-state index is 0.478. The van der Waals surface area contributed by atoms with Gasteiger partial charge in [0, 0.05) is 10.3 Å². The number of nitrogens with one attached hydrogen (secondary N) is 1. The lowest BCUT2D eigenvalue weighted by atomic mass is 10.4. The quantitative estimate of drug-likeness (QED) is 0.740. The van der Waals surface area contributed by atoms with Crippen molar-refractivity contribution in [3.05, 3.63) is 40.3 Å². The normalized spacial score (nSPS) is 11.0. The summed E-state index contributed by atoms with van der Waals surface area (Å²) in [5, 5.41) is 4.48. The van der Waals surface area contributed by atoms with Crippen LogP contribution in [0.15, 0.2) is 28.9 Å². The Labute approximate surface area is 113 Å². The molecule has 92 valence electrons. The smallest absolute Gasteiger partial charge is 0.225 e. The average Bonchev–Trinajstić information content (AvgIpc) is 2.94. The predicted octanol–water partition coefficient (Wildman–Crippen LogP) is 3.86. The number of rotatable bonds is 3. The second kappa shape index (κ2) is 4.59. The van der Waals surface area contributed by atoms with Crippen LogP contribution in [-0.2, 0) is 6.54 Å². The van der Waals surface area contributed by atoms with E-state index in [-0.39, 0.29) is 0 Å². The lowest BCUT2D eigenvalue weighted by Crippen LogP contribution is -2.02. The highest BCUT2D eigenvalue weighted by Gasteiger charge is 2.08. The molecule has 4 nitrogen and oxygen atoms in total. The van der Waals surface area contributed by atoms with Crippen LogP contribution >= 0.6 is 22.9 Å². The SMILES string of the molecule is Cc1cc2c(Cl)nc(NCc3ccco3)nc2s1. The molecule has 0 aliphatic carbocycles. The van der Waals surface area contributed by atoms with Gasteiger partial charge in [-0.05, 0) is 25.1 Å². The molecule has 0 amide bonds. The third-order valence-electron chi connectivity index (χ3n) is 2.47. The van der Waals surface area contributed by atoms with Gasteiger partial charge in [0.2, 0.25) is 5.95 Å². The van der Waals surface area contributed by atoms with Crippen molar-refractivity contribution in [1.29, 1.82) is 0 Å². The summed E-state index contributed by atoms with van der Waals surface area (Å²) in [7, 11) is 0. The van der Waals surface area contributed by atoms with Crippen LogP contribution in [0.4, 0.5) is 5.95 Å². The lowest BCUT2D eigenvalue weighted by molar-refractivity contribution is 0.517. The van der Waals surface area contributed by atoms with Gasteiger partial charge < -0.3 is 9.73 Å². The monoisotopic (exact) mass is 279 g/mol. The van der Waals surface area contributed by atoms with Crippen LogP contribution in [0.5, 0.6) is 0 Å². The van der Waals surface area contributed by atoms with Gasteiger partial charge in [-0.3, -0.25) is 0 Å². The van der Waals surface area contributed by atoms with Crippen molar-refractivity contribution in [2.45, 2.75) is 13.5 Å². The number of thiophene rings is 1. The zero-order valence-electron chi connectivity index (χ0n) is 9.61. The first kappa shape index (κ1) is 11.5. The molecule has 3 aromatic rings. The van der Waals surface area contributed by atoms with E-state index in [0.717, 1.165) is 16.0 Å². The van der Waals surface area contributed by atoms with Gasteiger partial charge in [-0.1, -0.05) is 11.6 Å². The van der Waals surface area contributed by atoms with Crippen LogP contribution in [-0.4, -0.2) is 9.97 Å². The van der Waals surface area contributed by atoms with E-state index in [2.05, 4.69) is 15.3 Å². The van der Waals surface area contributed by atoms with Gasteiger partial charge in [0.25, 0.3) is 0 Å². The van der Waals surface area contributed by atoms with E-state index in [1.165, 1.54) is 4.88 Å². The molecule has 0 saturated carbocycles. The molecule has 0 atom stereocenters. The fraction of sp³-hybridized carbons (Fsp3) is 0.167. The summed E-state index contributed by atoms with van der Waals surface area (Å²) in [6, 6.07) is 5.73. The summed E-state index contributed by atoms with van der Waals surface area (Å²) >= 11 is 7.73. The number of hydrogen-bond donors (Lipinski definition) is 1. The predicted molar refractivity (Wildman–Crippen MR) is 73.2 cm³/mol. The molecule has 3 aromatic heterocycles. The fourth-order valence-electron chi connectivity index (χ4n) is 1.67. The molecular weight excluding hydrogens is 270 g/mol. The number of hydrogen-bond acceptors (Lipinski definition) is 5. The molecule has 0 aliphatic rings. The van der Waals surface area contributed by atoms with E-state index in [0.29, 0.717) is 17.6 Å². The zero-order valence-corrected chi connectivity index (χ0v) is 11.2. The summed E-state index contributed by atoms with van der Waals surface area (Å²) in [6.07, 6.45) is 1.64. The highest BCUT2D eigenvalue weighted by molar-refractivity contribution is 7.18. The Hall–Kier alpha value is -1.59. The van der Waals surface area contributed by atoms with E-state index in [1.54, 1.807) is 17.6 Å². The van der Waals surface area contributed by atoms with Gasteiger partial charge in [0.05, 0.1) is 12.8 Å². The summed E-state index contributed by atoms with van der Waals surface area (Å²) in [5.41, 5.74) is 0. The van der Waals surface area contributed by atoms with Crippen LogP contribution in [0, 0.1) is 6.92 Å². The lowest BCUT2D eigenvalue weighted by Gasteiger charge is -2.03. The van der Waals surface area contributed by atoms with Crippen molar-refractivity contribution in [2.75, 3.05) is 5.32 Å². The Balaban J connectivity index is 1.88. The van der Waals surface area contributed by atoms with Crippen LogP contribution in [0.1, 0.15) is 10.6 Å². The van der Waals surface area contributed by atoms with Crippen molar-refractivity contribution >= 4 is 39.1 Å². The third kappa shape index (κ3) is 2.19. The molecule has 1 N–H and O–H groups in total. The molecule has 3 rings (SSSR count). The molecule has 0 aromatic carbocycles. The maximum absolute atomic E-state index is 6.13. The second-order valence-electron chi connectivity index (χ2n) is 3.85. The van der Waals surface area contributed by atoms with E-state index in [4.69, 9.17) is 16.0 Å². The van der Waals surface area contributed by atoms with Gasteiger partial charge in [0.1, 0.15) is 15.7 Å². The maximum Gasteiger partial charge on any atom is 0.225 e. The van der Waals surface area contributed by atoms with Gasteiger partial charge in [-0.25, -0.2) is 9.97 Å². The Morgan fingerprint density at radius 1 is 1.44 bits per heavy atom. The van der Waals surface area contributed by atoms with Crippen molar-refractivity contribution in [3.8, 4) is 0 Å². The first-order valence-electron chi connectivity index (χ1n) is 5.42. The highest BCUT2D eigenvalue weighted by atomic mass is 35.5. The van der Waals surface area contributed by atoms with Crippen LogP contribution in [0.3, 0.4) is 0 Å². The number of anilines is 1. The van der Waals surface area contributed by atoms with Crippen LogP contribution in [0.2, 0.25) is 5.15 Å². The van der Waals surface area contributed by atoms with E-state index < -0.39 is 0 Å². The van der Waals surface area contributed by atoms with Gasteiger partial charge in [0.15, 0.2) is 0 Å². The van der Waals surface area contributed by atoms with Crippen molar-refractivity contribution in [3.63, 3.8) is 0 Å². The molecule has 3 heterocycles. The Morgan fingerprint density at radius 3 is 3.11 bits per heavy atom. The fourth-order valence-corrected chi connectivity index (χ4v) is 2.83. The summed E-state index contributed by atoms with van der Waals surface area (Å²) in [5.74, 6) is 1.35. The van der Waals surface area contributed by atoms with E-state index >= 15 is 0 Å². The molecule has 0 unspecified atom stereocenters. The first-order chi connectivity index (χ1) is 8.72. The minimum Gasteiger partial charge on any atom is -0.467 e. The number of fused-ring (bicyclic) bond motifs is 1. The summed E-state index contributed by atoms with van der Waals surface area (Å²) in [6.45, 7) is 2.57. The highest BCUT2D eigenvalue weighted by Crippen LogP contribution is 2.29. The first-order valence-corrected chi connectivity index (χ1v) is 6.62. The Bertz CT molecular complexity index is 678. The number of aromatic nitrogens is 2. The maximum atomic E-state index is 6.13. The number of furan rings is 1. The summed E-state index contributed by atoms with van der Waals surface area (Å²) < 4.78 is 5.23. The standard InChI is InChI=1S/C12H10ClN3OS/c1-7-5-9-10(13)15-12(16-11(9)18-7)14-6-8-3-2-4-17-8/h2-5H,6H2,1H3,(H,14,15,16). The molecular formula is C12H10ClN3OS. The molecule has 0 radical (unpaired) electrons. The van der Waals surface area contributed by atoms with Gasteiger partial charge in [-0.2, -0.15) is 0 Å². The molecule has 0 saturated heterocycles. The summed E-state index contributed by atoms with van der Waals surface area (Å²) in [4.78, 5) is 10.7. The molecule has 0 bridgehead atoms. The van der Waals surface area contributed by atoms with Crippen LogP contribution < -0.4 is 5.32 Å². The number of aryl methyl sites for hydroxylation is 1. The molecule has 0 spiro atoms. The Kier molecular flexibility index (Phi) is 2.93. The van der Waals surface area contributed by atoms with Crippen molar-refractivity contribution < 1.29 is 4.42 Å². The van der Waals surface area contributed by atoms with Crippen molar-refractivity contribution in [2.24, 2.45) is 0 Å². The number of halogens is 1. The largest absolute Gasteiger partial charge is 0.467 e. The van der Waals surface area contributed by atoms with E-state index in [1.807, 2.05) is 25.1 Å². The topological polar surface area (TPSA) is 51.0 Å². The minimum atomic E-state index is 0.478. The zero-order chi connectivity index (χ0) is 12.5. The third-order valence-corrected chi connectivity index (χ3v) is 3.70. The van der Waals surface area contributed by atoms with Gasteiger partial charge >= 0.3 is 0 Å². The molecule has 6 heteroatoms. The molecule has 0 fully saturated rings. The van der Waals surface area contributed by atoms with Gasteiger partial charge in [-0.15, -0.1) is 11.3 Å². The Morgan fingerprint density at radius 2 is 2.33 bits per heavy atom.